The third-order valence-corrected chi connectivity index (χ3v) is 6.60. The van der Waals surface area contributed by atoms with Crippen LogP contribution in [0.2, 0.25) is 0 Å². The molecule has 0 radical (unpaired) electrons. The Labute approximate surface area is 192 Å². The number of alkyl halides is 3. The molecule has 1 fully saturated rings. The molecule has 33 heavy (non-hydrogen) atoms. The molecular weight excluding hydrogens is 433 g/mol. The first-order valence-electron chi connectivity index (χ1n) is 11.4. The Morgan fingerprint density at radius 2 is 1.85 bits per heavy atom. The van der Waals surface area contributed by atoms with Crippen LogP contribution in [-0.4, -0.2) is 78.0 Å². The Hall–Kier alpha value is -2.29. The van der Waals surface area contributed by atoms with Crippen LogP contribution in [0.1, 0.15) is 29.7 Å². The van der Waals surface area contributed by atoms with Crippen LogP contribution in [0.15, 0.2) is 42.5 Å². The molecule has 4 rings (SSSR count). The van der Waals surface area contributed by atoms with Crippen molar-refractivity contribution in [2.24, 2.45) is 5.92 Å². The van der Waals surface area contributed by atoms with Crippen molar-refractivity contribution in [1.82, 2.24) is 9.80 Å². The fourth-order valence-electron chi connectivity index (χ4n) is 4.84. The minimum absolute atomic E-state index is 0.146. The second-order valence-electron chi connectivity index (χ2n) is 9.22. The quantitative estimate of drug-likeness (QED) is 0.594. The number of ether oxygens (including phenoxy) is 1. The predicted molar refractivity (Wildman–Crippen MR) is 120 cm³/mol. The molecule has 0 bridgehead atoms. The normalized spacial score (nSPS) is 22.1. The van der Waals surface area contributed by atoms with E-state index in [2.05, 4.69) is 4.90 Å². The molecule has 2 N–H and O–H groups in total. The first-order valence-corrected chi connectivity index (χ1v) is 11.4. The Bertz CT molecular complexity index is 935. The molecule has 1 unspecified atom stereocenters. The van der Waals surface area contributed by atoms with Crippen LogP contribution in [0.4, 0.5) is 13.2 Å². The zero-order valence-electron chi connectivity index (χ0n) is 18.8. The summed E-state index contributed by atoms with van der Waals surface area (Å²) in [7, 11) is 0. The maximum absolute atomic E-state index is 14.2. The summed E-state index contributed by atoms with van der Waals surface area (Å²) in [6.07, 6.45) is 0.530. The van der Waals surface area contributed by atoms with E-state index in [0.29, 0.717) is 18.8 Å². The summed E-state index contributed by atoms with van der Waals surface area (Å²) in [4.78, 5) is 3.87. The molecule has 8 heteroatoms. The molecule has 2 aromatic carbocycles. The third-order valence-electron chi connectivity index (χ3n) is 6.60. The minimum atomic E-state index is -3.22. The van der Waals surface area contributed by atoms with Crippen LogP contribution in [0.5, 0.6) is 11.5 Å². The molecule has 180 valence electrons. The van der Waals surface area contributed by atoms with Gasteiger partial charge in [0.2, 0.25) is 0 Å². The molecule has 2 aromatic rings. The van der Waals surface area contributed by atoms with Gasteiger partial charge in [-0.15, -0.1) is 0 Å². The van der Waals surface area contributed by atoms with E-state index in [1.165, 1.54) is 0 Å². The lowest BCUT2D eigenvalue weighted by molar-refractivity contribution is -0.0862. The number of likely N-dealkylation sites (tertiary alicyclic amines) is 1. The SMILES string of the molecule is C[C@H]1Cc2cc(O)ccc2C(c2ccc(OCCN3CC(CF)C3)cc2)N1CC(F)(F)CO. The number of rotatable bonds is 9. The van der Waals surface area contributed by atoms with Crippen molar-refractivity contribution in [3.05, 3.63) is 59.2 Å². The number of nitrogens with zero attached hydrogens (tertiary/aromatic N) is 2. The highest BCUT2D eigenvalue weighted by atomic mass is 19.3. The molecule has 1 saturated heterocycles. The second-order valence-corrected chi connectivity index (χ2v) is 9.22. The number of aromatic hydroxyl groups is 1. The molecule has 0 aliphatic carbocycles. The van der Waals surface area contributed by atoms with E-state index >= 15 is 0 Å². The van der Waals surface area contributed by atoms with E-state index < -0.39 is 25.1 Å². The van der Waals surface area contributed by atoms with Gasteiger partial charge in [-0.2, -0.15) is 0 Å². The van der Waals surface area contributed by atoms with Crippen LogP contribution in [0, 0.1) is 5.92 Å². The molecule has 0 saturated carbocycles. The van der Waals surface area contributed by atoms with E-state index in [-0.39, 0.29) is 24.4 Å². The Morgan fingerprint density at radius 3 is 2.52 bits per heavy atom. The number of hydrogen-bond donors (Lipinski definition) is 2. The number of phenolic OH excluding ortho intramolecular Hbond substituents is 1. The first-order chi connectivity index (χ1) is 15.8. The molecule has 2 aliphatic heterocycles. The number of aliphatic hydroxyl groups is 1. The highest BCUT2D eigenvalue weighted by Crippen LogP contribution is 2.40. The number of aliphatic hydroxyl groups excluding tert-OH is 1. The second kappa shape index (κ2) is 9.91. The predicted octanol–water partition coefficient (Wildman–Crippen LogP) is 3.64. The van der Waals surface area contributed by atoms with E-state index in [9.17, 15) is 18.3 Å². The van der Waals surface area contributed by atoms with E-state index in [1.807, 2.05) is 31.2 Å². The highest BCUT2D eigenvalue weighted by molar-refractivity contribution is 5.45. The average molecular weight is 465 g/mol. The summed E-state index contributed by atoms with van der Waals surface area (Å²) >= 11 is 0. The van der Waals surface area contributed by atoms with Crippen LogP contribution >= 0.6 is 0 Å². The summed E-state index contributed by atoms with van der Waals surface area (Å²) in [6.45, 7) is 2.60. The van der Waals surface area contributed by atoms with Crippen LogP contribution in [0.25, 0.3) is 0 Å². The molecule has 0 amide bonds. The molecule has 2 aliphatic rings. The van der Waals surface area contributed by atoms with Gasteiger partial charge in [0.1, 0.15) is 24.7 Å². The number of hydrogen-bond acceptors (Lipinski definition) is 5. The molecule has 0 aromatic heterocycles. The number of benzene rings is 2. The maximum Gasteiger partial charge on any atom is 0.283 e. The fraction of sp³-hybridized carbons (Fsp3) is 0.520. The molecule has 2 heterocycles. The van der Waals surface area contributed by atoms with Gasteiger partial charge in [0, 0.05) is 31.6 Å². The monoisotopic (exact) mass is 464 g/mol. The van der Waals surface area contributed by atoms with Gasteiger partial charge in [-0.3, -0.25) is 14.2 Å². The van der Waals surface area contributed by atoms with E-state index in [0.717, 1.165) is 36.3 Å². The smallest absolute Gasteiger partial charge is 0.283 e. The third kappa shape index (κ3) is 5.45. The van der Waals surface area contributed by atoms with Gasteiger partial charge in [-0.25, -0.2) is 8.78 Å². The van der Waals surface area contributed by atoms with Gasteiger partial charge in [0.05, 0.1) is 19.3 Å². The molecule has 5 nitrogen and oxygen atoms in total. The van der Waals surface area contributed by atoms with Crippen molar-refractivity contribution in [2.75, 3.05) is 46.1 Å². The van der Waals surface area contributed by atoms with Crippen LogP contribution in [0.3, 0.4) is 0 Å². The first kappa shape index (κ1) is 23.9. The summed E-state index contributed by atoms with van der Waals surface area (Å²) in [6, 6.07) is 11.8. The number of halogens is 3. The van der Waals surface area contributed by atoms with Gasteiger partial charge in [0.25, 0.3) is 5.92 Å². The van der Waals surface area contributed by atoms with Gasteiger partial charge >= 0.3 is 0 Å². The van der Waals surface area contributed by atoms with Crippen molar-refractivity contribution in [3.8, 4) is 11.5 Å². The molecular formula is C25H31F3N2O3. The Morgan fingerprint density at radius 1 is 1.12 bits per heavy atom. The van der Waals surface area contributed by atoms with Gasteiger partial charge in [-0.1, -0.05) is 18.2 Å². The summed E-state index contributed by atoms with van der Waals surface area (Å²) in [5.41, 5.74) is 2.63. The number of phenols is 1. The topological polar surface area (TPSA) is 56.2 Å². The van der Waals surface area contributed by atoms with E-state index in [4.69, 9.17) is 9.84 Å². The summed E-state index contributed by atoms with van der Waals surface area (Å²) in [5.74, 6) is -2.24. The zero-order valence-corrected chi connectivity index (χ0v) is 18.8. The van der Waals surface area contributed by atoms with Crippen molar-refractivity contribution in [1.29, 1.82) is 0 Å². The highest BCUT2D eigenvalue weighted by Gasteiger charge is 2.40. The summed E-state index contributed by atoms with van der Waals surface area (Å²) in [5, 5.41) is 19.1. The van der Waals surface area contributed by atoms with Crippen LogP contribution < -0.4 is 4.74 Å². The molecule has 0 spiro atoms. The van der Waals surface area contributed by atoms with Crippen molar-refractivity contribution in [2.45, 2.75) is 31.4 Å². The average Bonchev–Trinajstić information content (AvgIpc) is 2.76. The number of fused-ring (bicyclic) bond motifs is 1. The van der Waals surface area contributed by atoms with E-state index in [1.54, 1.807) is 23.1 Å². The zero-order chi connectivity index (χ0) is 23.6. The fourth-order valence-corrected chi connectivity index (χ4v) is 4.84. The summed E-state index contributed by atoms with van der Waals surface area (Å²) < 4.78 is 46.8. The van der Waals surface area contributed by atoms with Crippen LogP contribution in [-0.2, 0) is 6.42 Å². The van der Waals surface area contributed by atoms with Crippen molar-refractivity contribution >= 4 is 0 Å². The standard InChI is InChI=1S/C25H31F3N2O3/c1-17-10-20-11-21(32)4-7-23(20)24(30(17)15-25(27,28)16-31)19-2-5-22(6-3-19)33-9-8-29-13-18(12-26)14-29/h2-7,11,17-18,24,31-32H,8-10,12-16H2,1H3/t17-,24?/m0/s1. The Kier molecular flexibility index (Phi) is 7.16. The van der Waals surface area contributed by atoms with Crippen molar-refractivity contribution in [3.63, 3.8) is 0 Å². The largest absolute Gasteiger partial charge is 0.508 e. The lowest BCUT2D eigenvalue weighted by Gasteiger charge is -2.43. The maximum atomic E-state index is 14.2. The molecule has 2 atom stereocenters. The van der Waals surface area contributed by atoms with Crippen molar-refractivity contribution < 1.29 is 28.1 Å². The van der Waals surface area contributed by atoms with Gasteiger partial charge in [-0.05, 0) is 54.3 Å². The van der Waals surface area contributed by atoms with Gasteiger partial charge in [0.15, 0.2) is 0 Å². The minimum Gasteiger partial charge on any atom is -0.508 e. The lowest BCUT2D eigenvalue weighted by atomic mass is 9.84. The Balaban J connectivity index is 1.51. The van der Waals surface area contributed by atoms with Gasteiger partial charge < -0.3 is 14.9 Å². The lowest BCUT2D eigenvalue weighted by Crippen LogP contribution is -2.49.